The lowest BCUT2D eigenvalue weighted by Gasteiger charge is -2.19. The molecule has 0 fully saturated rings. The second kappa shape index (κ2) is 8.12. The summed E-state index contributed by atoms with van der Waals surface area (Å²) >= 11 is 6.04. The quantitative estimate of drug-likeness (QED) is 0.757. The topological polar surface area (TPSA) is 68.8 Å². The first-order valence-corrected chi connectivity index (χ1v) is 8.43. The molecule has 0 radical (unpaired) electrons. The molecule has 0 aliphatic carbocycles. The second-order valence-corrected chi connectivity index (χ2v) is 6.15. The van der Waals surface area contributed by atoms with E-state index in [1.165, 1.54) is 0 Å². The Hall–Kier alpha value is -2.70. The molecular weight excluding hydrogens is 356 g/mol. The van der Waals surface area contributed by atoms with Gasteiger partial charge in [-0.2, -0.15) is 0 Å². The van der Waals surface area contributed by atoms with Gasteiger partial charge in [-0.3, -0.25) is 15.1 Å². The molecule has 1 aliphatic rings. The van der Waals surface area contributed by atoms with E-state index in [1.54, 1.807) is 12.1 Å². The van der Waals surface area contributed by atoms with Crippen molar-refractivity contribution in [3.05, 3.63) is 59.1 Å². The number of rotatable bonds is 6. The highest BCUT2D eigenvalue weighted by Gasteiger charge is 2.13. The number of fused-ring (bicyclic) bond motifs is 1. The number of carbonyl (C=O) groups is 1. The summed E-state index contributed by atoms with van der Waals surface area (Å²) in [5.74, 6) is 1.04. The van der Waals surface area contributed by atoms with Gasteiger partial charge in [-0.25, -0.2) is 0 Å². The predicted octanol–water partition coefficient (Wildman–Crippen LogP) is 3.55. The normalized spacial score (nSPS) is 12.4. The molecule has 1 amide bonds. The van der Waals surface area contributed by atoms with Crippen LogP contribution in [-0.4, -0.2) is 25.7 Å². The van der Waals surface area contributed by atoms with Gasteiger partial charge in [0, 0.05) is 16.3 Å². The molecule has 2 N–H and O–H groups in total. The smallest absolute Gasteiger partial charge is 0.253 e. The molecule has 0 atom stereocenters. The van der Waals surface area contributed by atoms with Crippen LogP contribution in [0.3, 0.4) is 0 Å². The van der Waals surface area contributed by atoms with Gasteiger partial charge >= 0.3 is 0 Å². The number of nitrogens with one attached hydrogen (secondary N) is 2. The van der Waals surface area contributed by atoms with Crippen LogP contribution in [-0.2, 0) is 9.63 Å². The van der Waals surface area contributed by atoms with Crippen molar-refractivity contribution in [2.24, 2.45) is 0 Å². The van der Waals surface area contributed by atoms with Gasteiger partial charge in [0.15, 0.2) is 18.1 Å². The minimum absolute atomic E-state index is 0.185. The van der Waals surface area contributed by atoms with E-state index >= 15 is 0 Å². The Morgan fingerprint density at radius 2 is 1.96 bits per heavy atom. The Morgan fingerprint density at radius 1 is 1.19 bits per heavy atom. The lowest BCUT2D eigenvalue weighted by molar-refractivity contribution is -0.122. The number of ether oxygens (including phenoxy) is 2. The molecule has 7 heteroatoms. The fourth-order valence-electron chi connectivity index (χ4n) is 2.35. The summed E-state index contributed by atoms with van der Waals surface area (Å²) in [7, 11) is 0. The van der Waals surface area contributed by atoms with Crippen LogP contribution in [0.15, 0.2) is 43.0 Å². The van der Waals surface area contributed by atoms with Gasteiger partial charge in [-0.1, -0.05) is 24.2 Å². The Labute approximate surface area is 156 Å². The number of aryl methyl sites for hydroxylation is 1. The average molecular weight is 375 g/mol. The molecule has 6 nitrogen and oxygen atoms in total. The number of carbonyl (C=O) groups excluding carboxylic acids is 1. The molecule has 0 spiro atoms. The van der Waals surface area contributed by atoms with E-state index in [1.807, 2.05) is 31.2 Å². The number of hydrogen-bond acceptors (Lipinski definition) is 5. The van der Waals surface area contributed by atoms with Crippen molar-refractivity contribution < 1.29 is 19.1 Å². The molecule has 0 bridgehead atoms. The maximum absolute atomic E-state index is 11.9. The number of halogens is 1. The minimum Gasteiger partial charge on any atom is -0.486 e. The first-order chi connectivity index (χ1) is 12.5. The lowest BCUT2D eigenvalue weighted by Crippen LogP contribution is -2.23. The molecule has 3 rings (SSSR count). The zero-order valence-electron chi connectivity index (χ0n) is 14.3. The average Bonchev–Trinajstić information content (AvgIpc) is 2.64. The molecule has 0 saturated heterocycles. The van der Waals surface area contributed by atoms with Gasteiger partial charge in [0.1, 0.15) is 13.2 Å². The molecule has 136 valence electrons. The third kappa shape index (κ3) is 4.47. The third-order valence-corrected chi connectivity index (χ3v) is 4.15. The van der Waals surface area contributed by atoms with Crippen molar-refractivity contribution >= 4 is 28.9 Å². The molecule has 1 heterocycles. The largest absolute Gasteiger partial charge is 0.486 e. The summed E-state index contributed by atoms with van der Waals surface area (Å²) in [6.45, 7) is 6.65. The SMILES string of the molecule is C=C(NOCC(=O)Nc1ccc(C)c(Cl)c1)c1ccc2c(c1)OCCO2. The Bertz CT molecular complexity index is 838. The number of benzene rings is 2. The van der Waals surface area contributed by atoms with Crippen molar-refractivity contribution in [2.75, 3.05) is 25.1 Å². The van der Waals surface area contributed by atoms with E-state index in [-0.39, 0.29) is 12.5 Å². The standard InChI is InChI=1S/C19H19ClN2O4/c1-12-3-5-15(10-16(12)20)21-19(23)11-26-22-13(2)14-4-6-17-18(9-14)25-8-7-24-17/h3-6,9-10,22H,2,7-8,11H2,1H3,(H,21,23). The van der Waals surface area contributed by atoms with Crippen molar-refractivity contribution in [1.29, 1.82) is 0 Å². The summed E-state index contributed by atoms with van der Waals surface area (Å²) < 4.78 is 11.0. The van der Waals surface area contributed by atoms with Crippen molar-refractivity contribution in [3.8, 4) is 11.5 Å². The van der Waals surface area contributed by atoms with Crippen LogP contribution >= 0.6 is 11.6 Å². The van der Waals surface area contributed by atoms with E-state index in [0.717, 1.165) is 11.1 Å². The van der Waals surface area contributed by atoms with Crippen LogP contribution in [0.1, 0.15) is 11.1 Å². The number of hydrogen-bond donors (Lipinski definition) is 2. The van der Waals surface area contributed by atoms with Gasteiger partial charge < -0.3 is 14.8 Å². The summed E-state index contributed by atoms with van der Waals surface area (Å²) in [6.07, 6.45) is 0. The van der Waals surface area contributed by atoms with Gasteiger partial charge in [-0.15, -0.1) is 0 Å². The van der Waals surface area contributed by atoms with Crippen molar-refractivity contribution in [3.63, 3.8) is 0 Å². The van der Waals surface area contributed by atoms with Crippen LogP contribution in [0.5, 0.6) is 11.5 Å². The predicted molar refractivity (Wildman–Crippen MR) is 100 cm³/mol. The fourth-order valence-corrected chi connectivity index (χ4v) is 2.53. The molecule has 2 aromatic rings. The van der Waals surface area contributed by atoms with E-state index in [2.05, 4.69) is 17.4 Å². The maximum atomic E-state index is 11.9. The van der Waals surface area contributed by atoms with Crippen LogP contribution in [0.25, 0.3) is 5.70 Å². The zero-order valence-corrected chi connectivity index (χ0v) is 15.1. The second-order valence-electron chi connectivity index (χ2n) is 5.74. The van der Waals surface area contributed by atoms with Gasteiger partial charge in [0.2, 0.25) is 0 Å². The van der Waals surface area contributed by atoms with Crippen molar-refractivity contribution in [2.45, 2.75) is 6.92 Å². The van der Waals surface area contributed by atoms with Crippen LogP contribution < -0.4 is 20.3 Å². The van der Waals surface area contributed by atoms with Gasteiger partial charge in [-0.05, 0) is 42.8 Å². The molecule has 2 aromatic carbocycles. The summed E-state index contributed by atoms with van der Waals surface area (Å²) in [6, 6.07) is 10.8. The highest BCUT2D eigenvalue weighted by molar-refractivity contribution is 6.31. The number of anilines is 1. The molecule has 0 aromatic heterocycles. The fraction of sp³-hybridized carbons (Fsp3) is 0.211. The molecule has 26 heavy (non-hydrogen) atoms. The first-order valence-electron chi connectivity index (χ1n) is 8.05. The van der Waals surface area contributed by atoms with E-state index in [4.69, 9.17) is 25.9 Å². The molecule has 1 aliphatic heterocycles. The van der Waals surface area contributed by atoms with Gasteiger partial charge in [0.25, 0.3) is 5.91 Å². The van der Waals surface area contributed by atoms with Crippen molar-refractivity contribution in [1.82, 2.24) is 5.48 Å². The highest BCUT2D eigenvalue weighted by Crippen LogP contribution is 2.32. The minimum atomic E-state index is -0.313. The van der Waals surface area contributed by atoms with Crippen LogP contribution in [0, 0.1) is 6.92 Å². The summed E-state index contributed by atoms with van der Waals surface area (Å²) in [5.41, 5.74) is 5.50. The van der Waals surface area contributed by atoms with Crippen LogP contribution in [0.4, 0.5) is 5.69 Å². The zero-order chi connectivity index (χ0) is 18.5. The molecule has 0 unspecified atom stereocenters. The Balaban J connectivity index is 1.48. The number of amides is 1. The van der Waals surface area contributed by atoms with Gasteiger partial charge in [0.05, 0.1) is 5.70 Å². The molecule has 0 saturated carbocycles. The Morgan fingerprint density at radius 3 is 2.73 bits per heavy atom. The highest BCUT2D eigenvalue weighted by atomic mass is 35.5. The Kier molecular flexibility index (Phi) is 5.65. The summed E-state index contributed by atoms with van der Waals surface area (Å²) in [5, 5.41) is 3.30. The van der Waals surface area contributed by atoms with E-state index in [9.17, 15) is 4.79 Å². The van der Waals surface area contributed by atoms with E-state index in [0.29, 0.717) is 41.1 Å². The number of hydroxylamine groups is 1. The monoisotopic (exact) mass is 374 g/mol. The van der Waals surface area contributed by atoms with E-state index < -0.39 is 0 Å². The summed E-state index contributed by atoms with van der Waals surface area (Å²) in [4.78, 5) is 17.1. The first kappa shape index (κ1) is 18.1. The van der Waals surface area contributed by atoms with Crippen LogP contribution in [0.2, 0.25) is 5.02 Å². The molecular formula is C19H19ClN2O4. The maximum Gasteiger partial charge on any atom is 0.253 e. The lowest BCUT2D eigenvalue weighted by atomic mass is 10.1. The third-order valence-electron chi connectivity index (χ3n) is 3.74.